The van der Waals surface area contributed by atoms with Gasteiger partial charge in [-0.2, -0.15) is 0 Å². The van der Waals surface area contributed by atoms with Gasteiger partial charge in [0.25, 0.3) is 5.91 Å². The molecule has 1 amide bonds. The lowest BCUT2D eigenvalue weighted by Gasteiger charge is -2.09. The number of rotatable bonds is 7. The number of amidine groups is 1. The summed E-state index contributed by atoms with van der Waals surface area (Å²) in [6.07, 6.45) is 1.79. The molecule has 0 aliphatic carbocycles. The fourth-order valence-electron chi connectivity index (χ4n) is 3.31. The summed E-state index contributed by atoms with van der Waals surface area (Å²) in [4.78, 5) is 31.2. The van der Waals surface area contributed by atoms with Crippen LogP contribution in [0.4, 0.5) is 10.1 Å². The summed E-state index contributed by atoms with van der Waals surface area (Å²) in [7, 11) is 1.67. The van der Waals surface area contributed by atoms with Crippen molar-refractivity contribution in [3.8, 4) is 5.75 Å². The van der Waals surface area contributed by atoms with Gasteiger partial charge in [0.2, 0.25) is 0 Å². The van der Waals surface area contributed by atoms with Crippen molar-refractivity contribution in [1.82, 2.24) is 4.90 Å². The van der Waals surface area contributed by atoms with Crippen LogP contribution in [-0.2, 0) is 16.1 Å². The predicted octanol–water partition coefficient (Wildman–Crippen LogP) is 6.58. The van der Waals surface area contributed by atoms with Crippen LogP contribution in [0.25, 0.3) is 6.08 Å². The Hall–Kier alpha value is -3.43. The van der Waals surface area contributed by atoms with Crippen LogP contribution in [0.5, 0.6) is 5.75 Å². The number of hydrogen-bond acceptors (Lipinski definition) is 6. The molecule has 0 bridgehead atoms. The molecule has 0 atom stereocenters. The molecule has 1 aliphatic rings. The van der Waals surface area contributed by atoms with Gasteiger partial charge in [-0.05, 0) is 100 Å². The van der Waals surface area contributed by atoms with E-state index in [9.17, 15) is 14.0 Å². The van der Waals surface area contributed by atoms with E-state index in [1.165, 1.54) is 28.8 Å². The van der Waals surface area contributed by atoms with Crippen LogP contribution in [0.2, 0.25) is 0 Å². The molecule has 9 heteroatoms. The van der Waals surface area contributed by atoms with Crippen LogP contribution in [0.15, 0.2) is 81.1 Å². The molecule has 1 saturated heterocycles. The first-order valence-corrected chi connectivity index (χ1v) is 12.6. The van der Waals surface area contributed by atoms with Gasteiger partial charge in [-0.25, -0.2) is 14.2 Å². The number of amides is 1. The minimum Gasteiger partial charge on any atom is -0.488 e. The number of nitrogens with zero attached hydrogens (tertiary/aromatic N) is 2. The number of thioether (sulfide) groups is 1. The number of esters is 1. The van der Waals surface area contributed by atoms with Gasteiger partial charge in [0.15, 0.2) is 5.17 Å². The molecule has 1 fully saturated rings. The molecule has 4 rings (SSSR count). The van der Waals surface area contributed by atoms with Crippen LogP contribution < -0.4 is 4.74 Å². The van der Waals surface area contributed by atoms with Gasteiger partial charge >= 0.3 is 5.97 Å². The maximum Gasteiger partial charge on any atom is 0.338 e. The molecular formula is C27H22BrFN2O4S. The third-order valence-electron chi connectivity index (χ3n) is 5.14. The van der Waals surface area contributed by atoms with Crippen molar-refractivity contribution in [3.63, 3.8) is 0 Å². The maximum atomic E-state index is 13.4. The van der Waals surface area contributed by atoms with Crippen LogP contribution >= 0.6 is 27.7 Å². The highest BCUT2D eigenvalue weighted by molar-refractivity contribution is 9.10. The number of likely N-dealkylation sites (N-methyl/N-ethyl adjacent to an activating group) is 1. The molecule has 3 aromatic rings. The van der Waals surface area contributed by atoms with Crippen molar-refractivity contribution in [2.24, 2.45) is 4.99 Å². The summed E-state index contributed by atoms with van der Waals surface area (Å²) in [5.41, 5.74) is 2.60. The molecule has 6 nitrogen and oxygen atoms in total. The van der Waals surface area contributed by atoms with E-state index in [-0.39, 0.29) is 24.3 Å². The lowest BCUT2D eigenvalue weighted by molar-refractivity contribution is -0.121. The van der Waals surface area contributed by atoms with Crippen molar-refractivity contribution in [2.45, 2.75) is 13.5 Å². The molecule has 0 radical (unpaired) electrons. The van der Waals surface area contributed by atoms with Gasteiger partial charge < -0.3 is 9.47 Å². The Morgan fingerprint density at radius 1 is 1.14 bits per heavy atom. The van der Waals surface area contributed by atoms with E-state index in [0.29, 0.717) is 38.2 Å². The molecule has 36 heavy (non-hydrogen) atoms. The Morgan fingerprint density at radius 3 is 2.61 bits per heavy atom. The van der Waals surface area contributed by atoms with Crippen LogP contribution in [0.1, 0.15) is 28.4 Å². The summed E-state index contributed by atoms with van der Waals surface area (Å²) >= 11 is 4.77. The highest BCUT2D eigenvalue weighted by atomic mass is 79.9. The zero-order valence-electron chi connectivity index (χ0n) is 19.5. The second-order valence-corrected chi connectivity index (χ2v) is 9.61. The summed E-state index contributed by atoms with van der Waals surface area (Å²) in [5.74, 6) is -0.250. The molecule has 0 N–H and O–H groups in total. The average molecular weight is 569 g/mol. The van der Waals surface area contributed by atoms with Gasteiger partial charge in [-0.3, -0.25) is 9.69 Å². The van der Waals surface area contributed by atoms with Crippen molar-refractivity contribution >= 4 is 56.5 Å². The Morgan fingerprint density at radius 2 is 1.92 bits per heavy atom. The molecule has 184 valence electrons. The molecule has 0 spiro atoms. The fourth-order valence-corrected chi connectivity index (χ4v) is 4.81. The average Bonchev–Trinajstić information content (AvgIpc) is 3.12. The van der Waals surface area contributed by atoms with Crippen molar-refractivity contribution < 1.29 is 23.5 Å². The lowest BCUT2D eigenvalue weighted by atomic mass is 10.2. The molecule has 1 aliphatic heterocycles. The summed E-state index contributed by atoms with van der Waals surface area (Å²) < 4.78 is 24.9. The van der Waals surface area contributed by atoms with Gasteiger partial charge in [0.1, 0.15) is 18.2 Å². The zero-order chi connectivity index (χ0) is 25.7. The van der Waals surface area contributed by atoms with E-state index in [0.717, 1.165) is 11.1 Å². The van der Waals surface area contributed by atoms with Crippen molar-refractivity contribution in [1.29, 1.82) is 0 Å². The molecular weight excluding hydrogens is 547 g/mol. The van der Waals surface area contributed by atoms with Gasteiger partial charge in [-0.1, -0.05) is 18.2 Å². The van der Waals surface area contributed by atoms with Crippen LogP contribution in [-0.4, -0.2) is 35.6 Å². The highest BCUT2D eigenvalue weighted by Gasteiger charge is 2.30. The van der Waals surface area contributed by atoms with Crippen molar-refractivity contribution in [2.75, 3.05) is 13.7 Å². The van der Waals surface area contributed by atoms with Gasteiger partial charge in [-0.15, -0.1) is 0 Å². The van der Waals surface area contributed by atoms with Crippen LogP contribution in [0, 0.1) is 5.82 Å². The molecule has 1 heterocycles. The van der Waals surface area contributed by atoms with E-state index in [1.54, 1.807) is 62.5 Å². The van der Waals surface area contributed by atoms with Gasteiger partial charge in [0, 0.05) is 7.05 Å². The minimum absolute atomic E-state index is 0.163. The largest absolute Gasteiger partial charge is 0.488 e. The topological polar surface area (TPSA) is 68.2 Å². The minimum atomic E-state index is -0.388. The fraction of sp³-hybridized carbons (Fsp3) is 0.148. The highest BCUT2D eigenvalue weighted by Crippen LogP contribution is 2.34. The van der Waals surface area contributed by atoms with E-state index in [2.05, 4.69) is 20.9 Å². The third-order valence-corrected chi connectivity index (χ3v) is 6.82. The zero-order valence-corrected chi connectivity index (χ0v) is 21.9. The number of ether oxygens (including phenoxy) is 2. The number of aliphatic imine (C=N–C) groups is 1. The first-order valence-electron chi connectivity index (χ1n) is 11.0. The van der Waals surface area contributed by atoms with E-state index < -0.39 is 0 Å². The van der Waals surface area contributed by atoms with E-state index in [1.807, 2.05) is 12.1 Å². The van der Waals surface area contributed by atoms with E-state index >= 15 is 0 Å². The Bertz CT molecular complexity index is 1360. The number of halogens is 2. The predicted molar refractivity (Wildman–Crippen MR) is 143 cm³/mol. The monoisotopic (exact) mass is 568 g/mol. The summed E-state index contributed by atoms with van der Waals surface area (Å²) in [5, 5.41) is 0.532. The maximum absolute atomic E-state index is 13.4. The second kappa shape index (κ2) is 11.5. The van der Waals surface area contributed by atoms with E-state index in [4.69, 9.17) is 9.47 Å². The summed E-state index contributed by atoms with van der Waals surface area (Å²) in [6, 6.07) is 18.4. The van der Waals surface area contributed by atoms with Crippen LogP contribution in [0.3, 0.4) is 0 Å². The summed E-state index contributed by atoms with van der Waals surface area (Å²) in [6.45, 7) is 2.29. The first kappa shape index (κ1) is 25.7. The smallest absolute Gasteiger partial charge is 0.338 e. The standard InChI is InChI=1S/C27H22BrFN2O4S/c1-3-34-26(33)19-8-10-21(11-9-19)30-27-31(2)25(32)24(36-27)15-17-7-12-23(22(28)14-17)35-16-18-5-4-6-20(29)13-18/h4-15H,3,16H2,1-2H3. The SMILES string of the molecule is CCOC(=O)c1ccc(N=C2SC(=Cc3ccc(OCc4cccc(F)c4)c(Br)c3)C(=O)N2C)cc1. The number of carbonyl (C=O) groups excluding carboxylic acids is 2. The third kappa shape index (κ3) is 6.22. The Kier molecular flexibility index (Phi) is 8.22. The molecule has 3 aromatic carbocycles. The second-order valence-electron chi connectivity index (χ2n) is 7.74. The number of hydrogen-bond donors (Lipinski definition) is 0. The lowest BCUT2D eigenvalue weighted by Crippen LogP contribution is -2.23. The normalized spacial score (nSPS) is 15.6. The quantitative estimate of drug-likeness (QED) is 0.238. The number of carbonyl (C=O) groups is 2. The molecule has 0 aromatic heterocycles. The molecule has 0 saturated carbocycles. The molecule has 0 unspecified atom stereocenters. The van der Waals surface area contributed by atoms with Gasteiger partial charge in [0.05, 0.1) is 27.2 Å². The number of benzene rings is 3. The first-order chi connectivity index (χ1) is 17.3. The Labute approximate surface area is 220 Å². The van der Waals surface area contributed by atoms with Crippen molar-refractivity contribution in [3.05, 3.63) is 98.6 Å². The Balaban J connectivity index is 1.46.